The Morgan fingerprint density at radius 1 is 1.20 bits per heavy atom. The summed E-state index contributed by atoms with van der Waals surface area (Å²) in [7, 11) is 0. The molecule has 1 N–H and O–H groups in total. The summed E-state index contributed by atoms with van der Waals surface area (Å²) in [6.07, 6.45) is 3.85. The van der Waals surface area contributed by atoms with Crippen molar-refractivity contribution in [3.8, 4) is 11.4 Å². The molecule has 0 radical (unpaired) electrons. The number of benzene rings is 1. The van der Waals surface area contributed by atoms with Crippen molar-refractivity contribution in [3.05, 3.63) is 70.0 Å². The van der Waals surface area contributed by atoms with Gasteiger partial charge in [0.05, 0.1) is 18.3 Å². The maximum atomic E-state index is 13.2. The van der Waals surface area contributed by atoms with Crippen LogP contribution in [0.15, 0.2) is 47.5 Å². The number of aryl methyl sites for hydroxylation is 1. The van der Waals surface area contributed by atoms with E-state index >= 15 is 0 Å². The Balaban J connectivity index is 0.00000167. The maximum Gasteiger partial charge on any atom is 0.279 e. The number of imidazole rings is 1. The van der Waals surface area contributed by atoms with Crippen molar-refractivity contribution in [2.75, 3.05) is 0 Å². The van der Waals surface area contributed by atoms with Gasteiger partial charge in [-0.1, -0.05) is 52.0 Å². The Labute approximate surface area is 203 Å². The Bertz CT molecular complexity index is 1370. The molecule has 0 fully saturated rings. The standard InChI is InChI=1S/C24H26F2N6O.C2H6/c1-4-10-32-19(6-3)28-23-20(24(32)33)29-22(30-23)17-12-27-31(14-17)13-15-8-7-9-16(11-15)18(5-2)21(25)26;1-2/h5,7-9,11-12,14,21H,4,6,10,13H2,1-3H3,(H,29,30);1-2H3/b18-5+;. The molecule has 0 saturated heterocycles. The van der Waals surface area contributed by atoms with Crippen molar-refractivity contribution in [1.82, 2.24) is 29.3 Å². The quantitative estimate of drug-likeness (QED) is 0.349. The molecule has 0 unspecified atom stereocenters. The number of alkyl halides is 2. The molecule has 0 aliphatic rings. The lowest BCUT2D eigenvalue weighted by Crippen LogP contribution is -2.25. The number of fused-ring (bicyclic) bond motifs is 1. The van der Waals surface area contributed by atoms with Gasteiger partial charge in [-0.2, -0.15) is 5.10 Å². The molecule has 0 spiro atoms. The monoisotopic (exact) mass is 482 g/mol. The molecule has 7 nitrogen and oxygen atoms in total. The molecule has 4 rings (SSSR count). The van der Waals surface area contributed by atoms with E-state index in [1.807, 2.05) is 33.8 Å². The van der Waals surface area contributed by atoms with Crippen LogP contribution in [-0.2, 0) is 19.5 Å². The number of H-pyrrole nitrogens is 1. The average Bonchev–Trinajstić information content (AvgIpc) is 3.50. The minimum Gasteiger partial charge on any atom is -0.332 e. The second-order valence-electron chi connectivity index (χ2n) is 7.79. The second-order valence-corrected chi connectivity index (χ2v) is 7.79. The molecule has 0 atom stereocenters. The number of halogens is 2. The predicted octanol–water partition coefficient (Wildman–Crippen LogP) is 5.70. The van der Waals surface area contributed by atoms with Gasteiger partial charge in [-0.05, 0) is 30.5 Å². The molecule has 35 heavy (non-hydrogen) atoms. The van der Waals surface area contributed by atoms with Crippen LogP contribution in [0.3, 0.4) is 0 Å². The van der Waals surface area contributed by atoms with E-state index in [0.29, 0.717) is 53.4 Å². The van der Waals surface area contributed by atoms with E-state index in [1.165, 1.54) is 6.08 Å². The van der Waals surface area contributed by atoms with Crippen LogP contribution in [0.1, 0.15) is 58.0 Å². The highest BCUT2D eigenvalue weighted by molar-refractivity contribution is 5.74. The van der Waals surface area contributed by atoms with E-state index in [9.17, 15) is 13.6 Å². The van der Waals surface area contributed by atoms with Gasteiger partial charge >= 0.3 is 0 Å². The number of hydrogen-bond donors (Lipinski definition) is 1. The van der Waals surface area contributed by atoms with Crippen LogP contribution < -0.4 is 5.56 Å². The summed E-state index contributed by atoms with van der Waals surface area (Å²) in [5.41, 5.74) is 2.71. The highest BCUT2D eigenvalue weighted by Gasteiger charge is 2.16. The SMILES string of the molecule is C/C=C(\c1cccc(Cn2cc(-c3nc4nc(CC)n(CCC)c(=O)c4[nH]3)cn2)c1)C(F)F.CC. The average molecular weight is 483 g/mol. The van der Waals surface area contributed by atoms with Gasteiger partial charge in [-0.25, -0.2) is 18.7 Å². The lowest BCUT2D eigenvalue weighted by molar-refractivity contribution is 0.215. The van der Waals surface area contributed by atoms with E-state index < -0.39 is 6.43 Å². The zero-order chi connectivity index (χ0) is 25.5. The largest absolute Gasteiger partial charge is 0.332 e. The predicted molar refractivity (Wildman–Crippen MR) is 136 cm³/mol. The molecule has 3 heterocycles. The van der Waals surface area contributed by atoms with Crippen molar-refractivity contribution in [3.63, 3.8) is 0 Å². The Hall–Kier alpha value is -3.62. The van der Waals surface area contributed by atoms with Crippen molar-refractivity contribution >= 4 is 16.7 Å². The number of rotatable bonds is 8. The third-order valence-corrected chi connectivity index (χ3v) is 5.51. The first kappa shape index (κ1) is 26.0. The van der Waals surface area contributed by atoms with Gasteiger partial charge in [0.15, 0.2) is 11.2 Å². The molecule has 0 saturated carbocycles. The number of nitrogens with zero attached hydrogens (tertiary/aromatic N) is 5. The highest BCUT2D eigenvalue weighted by atomic mass is 19.3. The van der Waals surface area contributed by atoms with Crippen molar-refractivity contribution in [2.45, 2.75) is 67.0 Å². The van der Waals surface area contributed by atoms with Crippen molar-refractivity contribution in [2.24, 2.45) is 0 Å². The van der Waals surface area contributed by atoms with Gasteiger partial charge in [0.25, 0.3) is 12.0 Å². The summed E-state index contributed by atoms with van der Waals surface area (Å²) in [4.78, 5) is 25.1. The van der Waals surface area contributed by atoms with Crippen LogP contribution >= 0.6 is 0 Å². The third-order valence-electron chi connectivity index (χ3n) is 5.51. The van der Waals surface area contributed by atoms with Crippen LogP contribution in [0.25, 0.3) is 28.1 Å². The molecular weight excluding hydrogens is 450 g/mol. The van der Waals surface area contributed by atoms with E-state index in [1.54, 1.807) is 46.8 Å². The lowest BCUT2D eigenvalue weighted by atomic mass is 10.0. The van der Waals surface area contributed by atoms with E-state index in [0.717, 1.165) is 12.0 Å². The molecule has 186 valence electrons. The molecule has 0 aliphatic carbocycles. The molecule has 0 amide bonds. The number of nitrogens with one attached hydrogen (secondary N) is 1. The van der Waals surface area contributed by atoms with E-state index in [4.69, 9.17) is 0 Å². The van der Waals surface area contributed by atoms with Gasteiger partial charge in [0.1, 0.15) is 11.6 Å². The number of aromatic amines is 1. The summed E-state index contributed by atoms with van der Waals surface area (Å²) in [5.74, 6) is 1.23. The fraction of sp³-hybridized carbons (Fsp3) is 0.385. The van der Waals surface area contributed by atoms with E-state index in [2.05, 4.69) is 20.1 Å². The Kier molecular flexibility index (Phi) is 8.68. The number of allylic oxidation sites excluding steroid dienone is 2. The summed E-state index contributed by atoms with van der Waals surface area (Å²) in [5, 5.41) is 4.38. The second kappa shape index (κ2) is 11.7. The minimum atomic E-state index is -2.53. The van der Waals surface area contributed by atoms with Crippen molar-refractivity contribution in [1.29, 1.82) is 0 Å². The normalized spacial score (nSPS) is 11.7. The smallest absolute Gasteiger partial charge is 0.279 e. The van der Waals surface area contributed by atoms with Crippen molar-refractivity contribution < 1.29 is 8.78 Å². The summed E-state index contributed by atoms with van der Waals surface area (Å²) >= 11 is 0. The lowest BCUT2D eigenvalue weighted by Gasteiger charge is -2.08. The van der Waals surface area contributed by atoms with Gasteiger partial charge in [-0.3, -0.25) is 14.0 Å². The molecule has 4 aromatic rings. The summed E-state index contributed by atoms with van der Waals surface area (Å²) in [6, 6.07) is 7.06. The number of aromatic nitrogens is 6. The van der Waals surface area contributed by atoms with Gasteiger partial charge in [0.2, 0.25) is 0 Å². The molecule has 0 bridgehead atoms. The third kappa shape index (κ3) is 5.55. The fourth-order valence-electron chi connectivity index (χ4n) is 3.92. The number of hydrogen-bond acceptors (Lipinski definition) is 4. The molecule has 9 heteroatoms. The van der Waals surface area contributed by atoms with Gasteiger partial charge < -0.3 is 4.98 Å². The summed E-state index contributed by atoms with van der Waals surface area (Å²) < 4.78 is 29.9. The Morgan fingerprint density at radius 2 is 1.97 bits per heavy atom. The Morgan fingerprint density at radius 3 is 2.63 bits per heavy atom. The summed E-state index contributed by atoms with van der Waals surface area (Å²) in [6.45, 7) is 10.6. The zero-order valence-electron chi connectivity index (χ0n) is 20.8. The zero-order valence-corrected chi connectivity index (χ0v) is 20.8. The van der Waals surface area contributed by atoms with E-state index in [-0.39, 0.29) is 11.1 Å². The van der Waals surface area contributed by atoms with Crippen LogP contribution in [0.5, 0.6) is 0 Å². The first-order chi connectivity index (χ1) is 16.9. The molecule has 1 aromatic carbocycles. The van der Waals surface area contributed by atoms with Gasteiger partial charge in [0, 0.05) is 24.7 Å². The maximum absolute atomic E-state index is 13.2. The van der Waals surface area contributed by atoms with Crippen LogP contribution in [0.2, 0.25) is 0 Å². The van der Waals surface area contributed by atoms with Crippen LogP contribution in [0, 0.1) is 0 Å². The minimum absolute atomic E-state index is 0.00737. The first-order valence-corrected chi connectivity index (χ1v) is 12.0. The molecular formula is C26H32F2N6O. The molecule has 3 aromatic heterocycles. The van der Waals surface area contributed by atoms with Crippen LogP contribution in [-0.4, -0.2) is 35.7 Å². The first-order valence-electron chi connectivity index (χ1n) is 12.0. The topological polar surface area (TPSA) is 81.4 Å². The van der Waals surface area contributed by atoms with Gasteiger partial charge in [-0.15, -0.1) is 0 Å². The highest BCUT2D eigenvalue weighted by Crippen LogP contribution is 2.23. The fourth-order valence-corrected chi connectivity index (χ4v) is 3.92. The van der Waals surface area contributed by atoms with Crippen LogP contribution in [0.4, 0.5) is 8.78 Å². The molecule has 0 aliphatic heterocycles.